The topological polar surface area (TPSA) is 43.7 Å². The summed E-state index contributed by atoms with van der Waals surface area (Å²) >= 11 is 5.63. The zero-order chi connectivity index (χ0) is 18.4. The van der Waals surface area contributed by atoms with Crippen molar-refractivity contribution in [2.24, 2.45) is 5.92 Å². The van der Waals surface area contributed by atoms with Gasteiger partial charge in [-0.1, -0.05) is 54.1 Å². The van der Waals surface area contributed by atoms with Crippen LogP contribution in [0.1, 0.15) is 42.7 Å². The Kier molecular flexibility index (Phi) is 6.95. The van der Waals surface area contributed by atoms with E-state index in [2.05, 4.69) is 47.4 Å². The Hall–Kier alpha value is -1.55. The Morgan fingerprint density at radius 1 is 0.962 bits per heavy atom. The van der Waals surface area contributed by atoms with E-state index in [1.165, 1.54) is 11.1 Å². The van der Waals surface area contributed by atoms with Gasteiger partial charge in [-0.2, -0.15) is 0 Å². The number of aliphatic hydroxyl groups excluding tert-OH is 1. The van der Waals surface area contributed by atoms with Crippen LogP contribution in [0.25, 0.3) is 0 Å². The number of halogens is 1. The molecule has 1 heterocycles. The highest BCUT2D eigenvalue weighted by Gasteiger charge is 2.28. The molecular formula is C22H28ClNO2. The third kappa shape index (κ3) is 5.23. The number of aromatic hydroxyl groups is 1. The van der Waals surface area contributed by atoms with Crippen molar-refractivity contribution in [2.45, 2.75) is 37.2 Å². The van der Waals surface area contributed by atoms with Crippen LogP contribution in [-0.2, 0) is 0 Å². The first-order chi connectivity index (χ1) is 12.6. The zero-order valence-corrected chi connectivity index (χ0v) is 15.9. The molecule has 2 unspecified atom stereocenters. The molecule has 4 heteroatoms. The van der Waals surface area contributed by atoms with Gasteiger partial charge in [-0.3, -0.25) is 0 Å². The molecule has 2 aromatic carbocycles. The molecule has 1 aliphatic heterocycles. The summed E-state index contributed by atoms with van der Waals surface area (Å²) in [4.78, 5) is 2.48. The molecule has 0 amide bonds. The number of rotatable bonds is 7. The third-order valence-electron chi connectivity index (χ3n) is 5.43. The highest BCUT2D eigenvalue weighted by atomic mass is 35.5. The van der Waals surface area contributed by atoms with Crippen molar-refractivity contribution >= 4 is 11.6 Å². The van der Waals surface area contributed by atoms with Crippen molar-refractivity contribution < 1.29 is 10.2 Å². The molecule has 1 aliphatic rings. The first kappa shape index (κ1) is 19.2. The lowest BCUT2D eigenvalue weighted by Crippen LogP contribution is -2.36. The average Bonchev–Trinajstić information content (AvgIpc) is 2.65. The molecule has 1 fully saturated rings. The van der Waals surface area contributed by atoms with E-state index in [0.717, 1.165) is 38.9 Å². The van der Waals surface area contributed by atoms with E-state index in [4.69, 9.17) is 11.6 Å². The molecule has 3 nitrogen and oxygen atoms in total. The number of phenolic OH excluding ortho intramolecular Hbond substituents is 1. The zero-order valence-electron chi connectivity index (χ0n) is 15.1. The maximum absolute atomic E-state index is 9.64. The summed E-state index contributed by atoms with van der Waals surface area (Å²) in [5, 5.41) is 18.8. The molecule has 0 spiro atoms. The number of phenols is 1. The predicted molar refractivity (Wildman–Crippen MR) is 107 cm³/mol. The summed E-state index contributed by atoms with van der Waals surface area (Å²) in [5.41, 5.74) is 1.91. The van der Waals surface area contributed by atoms with Crippen LogP contribution in [0.4, 0.5) is 0 Å². The second kappa shape index (κ2) is 9.40. The number of likely N-dealkylation sites (tertiary alicyclic amines) is 1. The van der Waals surface area contributed by atoms with Crippen molar-refractivity contribution in [1.82, 2.24) is 4.90 Å². The van der Waals surface area contributed by atoms with Crippen molar-refractivity contribution in [3.8, 4) is 5.75 Å². The van der Waals surface area contributed by atoms with Crippen LogP contribution in [-0.4, -0.2) is 40.3 Å². The first-order valence-corrected chi connectivity index (χ1v) is 9.95. The van der Waals surface area contributed by atoms with Gasteiger partial charge >= 0.3 is 0 Å². The van der Waals surface area contributed by atoms with Crippen molar-refractivity contribution in [3.63, 3.8) is 0 Å². The summed E-state index contributed by atoms with van der Waals surface area (Å²) in [6.45, 7) is 3.18. The summed E-state index contributed by atoms with van der Waals surface area (Å²) in [6.07, 6.45) is 3.91. The molecule has 0 aromatic heterocycles. The van der Waals surface area contributed by atoms with Gasteiger partial charge in [0.15, 0.2) is 0 Å². The number of nitrogens with zero attached hydrogens (tertiary/aromatic N) is 1. The summed E-state index contributed by atoms with van der Waals surface area (Å²) < 4.78 is 0. The van der Waals surface area contributed by atoms with Gasteiger partial charge in [0.2, 0.25) is 0 Å². The van der Waals surface area contributed by atoms with E-state index in [-0.39, 0.29) is 0 Å². The fourth-order valence-electron chi connectivity index (χ4n) is 4.07. The molecule has 2 atom stereocenters. The van der Waals surface area contributed by atoms with Gasteiger partial charge in [-0.25, -0.2) is 0 Å². The molecule has 1 saturated heterocycles. The van der Waals surface area contributed by atoms with Crippen molar-refractivity contribution in [1.29, 1.82) is 0 Å². The molecule has 26 heavy (non-hydrogen) atoms. The standard InChI is InChI=1S/C22H28ClNO2/c23-21(26)7-4-14-24-15-12-19(13-16-24)22(17-5-2-1-3-6-17)18-8-10-20(25)11-9-18/h1-3,5-6,8-11,19,21-22,25-26H,4,7,12-16H2. The molecule has 2 N–H and O–H groups in total. The largest absolute Gasteiger partial charge is 0.508 e. The summed E-state index contributed by atoms with van der Waals surface area (Å²) in [7, 11) is 0. The minimum absolute atomic E-state index is 0.317. The maximum atomic E-state index is 9.64. The molecule has 0 radical (unpaired) electrons. The number of piperidine rings is 1. The Balaban J connectivity index is 1.68. The quantitative estimate of drug-likeness (QED) is 0.698. The van der Waals surface area contributed by atoms with Crippen LogP contribution < -0.4 is 0 Å². The van der Waals surface area contributed by atoms with Crippen LogP contribution in [0.3, 0.4) is 0 Å². The fraction of sp³-hybridized carbons (Fsp3) is 0.455. The van der Waals surface area contributed by atoms with E-state index < -0.39 is 5.56 Å². The molecule has 140 valence electrons. The Morgan fingerprint density at radius 3 is 2.19 bits per heavy atom. The number of benzene rings is 2. The van der Waals surface area contributed by atoms with Gasteiger partial charge in [-0.15, -0.1) is 0 Å². The van der Waals surface area contributed by atoms with Gasteiger partial charge in [0.25, 0.3) is 0 Å². The lowest BCUT2D eigenvalue weighted by Gasteiger charge is -2.36. The maximum Gasteiger partial charge on any atom is 0.128 e. The molecule has 0 bridgehead atoms. The smallest absolute Gasteiger partial charge is 0.128 e. The monoisotopic (exact) mass is 373 g/mol. The molecule has 3 rings (SSSR count). The van der Waals surface area contributed by atoms with Crippen LogP contribution in [0.5, 0.6) is 5.75 Å². The Labute approximate surface area is 161 Å². The third-order valence-corrected chi connectivity index (χ3v) is 5.65. The van der Waals surface area contributed by atoms with Crippen LogP contribution in [0, 0.1) is 5.92 Å². The summed E-state index contributed by atoms with van der Waals surface area (Å²) in [5.74, 6) is 1.28. The average molecular weight is 374 g/mol. The Bertz CT molecular complexity index is 652. The van der Waals surface area contributed by atoms with Gasteiger partial charge in [0.05, 0.1) is 0 Å². The number of hydrogen-bond donors (Lipinski definition) is 2. The van der Waals surface area contributed by atoms with Gasteiger partial charge in [0.1, 0.15) is 11.3 Å². The lowest BCUT2D eigenvalue weighted by atomic mass is 9.76. The Morgan fingerprint density at radius 2 is 1.58 bits per heavy atom. The normalized spacial score (nSPS) is 18.5. The second-order valence-electron chi connectivity index (χ2n) is 7.24. The van der Waals surface area contributed by atoms with Crippen molar-refractivity contribution in [2.75, 3.05) is 19.6 Å². The minimum Gasteiger partial charge on any atom is -0.508 e. The van der Waals surface area contributed by atoms with E-state index in [1.54, 1.807) is 12.1 Å². The van der Waals surface area contributed by atoms with Crippen LogP contribution >= 0.6 is 11.6 Å². The SMILES string of the molecule is Oc1ccc(C(c2ccccc2)C2CCN(CCCC(O)Cl)CC2)cc1. The molecule has 0 saturated carbocycles. The number of hydrogen-bond acceptors (Lipinski definition) is 3. The summed E-state index contributed by atoms with van der Waals surface area (Å²) in [6, 6.07) is 18.4. The van der Waals surface area contributed by atoms with E-state index in [1.807, 2.05) is 0 Å². The second-order valence-corrected chi connectivity index (χ2v) is 7.74. The van der Waals surface area contributed by atoms with E-state index in [9.17, 15) is 10.2 Å². The first-order valence-electron chi connectivity index (χ1n) is 9.52. The minimum atomic E-state index is -0.718. The highest BCUT2D eigenvalue weighted by Crippen LogP contribution is 2.38. The number of alkyl halides is 1. The van der Waals surface area contributed by atoms with Crippen molar-refractivity contribution in [3.05, 3.63) is 65.7 Å². The van der Waals surface area contributed by atoms with E-state index >= 15 is 0 Å². The molecule has 0 aliphatic carbocycles. The fourth-order valence-corrected chi connectivity index (χ4v) is 4.23. The van der Waals surface area contributed by atoms with Crippen LogP contribution in [0.15, 0.2) is 54.6 Å². The highest BCUT2D eigenvalue weighted by molar-refractivity contribution is 6.19. The van der Waals surface area contributed by atoms with Gasteiger partial charge in [0, 0.05) is 5.92 Å². The van der Waals surface area contributed by atoms with Gasteiger partial charge in [-0.05, 0) is 74.5 Å². The van der Waals surface area contributed by atoms with Gasteiger partial charge < -0.3 is 15.1 Å². The number of aliphatic hydroxyl groups is 1. The predicted octanol–water partition coefficient (Wildman–Crippen LogP) is 4.57. The molecule has 2 aromatic rings. The van der Waals surface area contributed by atoms with Crippen LogP contribution in [0.2, 0.25) is 0 Å². The molecular weight excluding hydrogens is 346 g/mol. The van der Waals surface area contributed by atoms with E-state index in [0.29, 0.717) is 24.0 Å². The lowest BCUT2D eigenvalue weighted by molar-refractivity contribution is 0.164.